The van der Waals surface area contributed by atoms with E-state index in [0.29, 0.717) is 13.0 Å². The molecule has 10 nitrogen and oxygen atoms in total. The highest BCUT2D eigenvalue weighted by molar-refractivity contribution is 7.47. The van der Waals surface area contributed by atoms with Gasteiger partial charge in [-0.1, -0.05) is 205 Å². The minimum Gasteiger partial charge on any atom is -0.480 e. The van der Waals surface area contributed by atoms with Crippen LogP contribution in [-0.2, 0) is 32.7 Å². The van der Waals surface area contributed by atoms with Crippen LogP contribution < -0.4 is 5.73 Å². The topological polar surface area (TPSA) is 155 Å². The summed E-state index contributed by atoms with van der Waals surface area (Å²) in [5, 5.41) is 8.91. The summed E-state index contributed by atoms with van der Waals surface area (Å²) in [6.07, 6.45) is 49.5. The first-order valence-electron chi connectivity index (χ1n) is 24.4. The van der Waals surface area contributed by atoms with Gasteiger partial charge in [-0.25, -0.2) is 4.57 Å². The van der Waals surface area contributed by atoms with Gasteiger partial charge in [-0.15, -0.1) is 0 Å². The number of carboxylic acids is 1. The Morgan fingerprint density at radius 2 is 0.932 bits per heavy atom. The molecule has 0 saturated carbocycles. The van der Waals surface area contributed by atoms with Gasteiger partial charge in [0.2, 0.25) is 0 Å². The van der Waals surface area contributed by atoms with Crippen molar-refractivity contribution in [3.05, 3.63) is 24.3 Å². The fourth-order valence-electron chi connectivity index (χ4n) is 6.93. The average Bonchev–Trinajstić information content (AvgIpc) is 3.21. The van der Waals surface area contributed by atoms with Crippen molar-refractivity contribution in [1.82, 2.24) is 0 Å². The Labute approximate surface area is 362 Å². The third-order valence-corrected chi connectivity index (χ3v) is 11.7. The summed E-state index contributed by atoms with van der Waals surface area (Å²) in [5.41, 5.74) is 5.37. The molecular formula is C48H92NO9P. The van der Waals surface area contributed by atoms with Gasteiger partial charge in [-0.2, -0.15) is 0 Å². The molecule has 0 spiro atoms. The second-order valence-electron chi connectivity index (χ2n) is 16.6. The van der Waals surface area contributed by atoms with Crippen LogP contribution in [0, 0.1) is 0 Å². The molecule has 0 rings (SSSR count). The molecule has 0 saturated heterocycles. The highest BCUT2D eigenvalue weighted by Crippen LogP contribution is 2.43. The van der Waals surface area contributed by atoms with Crippen molar-refractivity contribution in [2.45, 2.75) is 244 Å². The van der Waals surface area contributed by atoms with Gasteiger partial charge in [0, 0.05) is 13.0 Å². The van der Waals surface area contributed by atoms with Crippen LogP contribution >= 0.6 is 7.82 Å². The van der Waals surface area contributed by atoms with E-state index in [4.69, 9.17) is 29.4 Å². The molecule has 0 aliphatic rings. The van der Waals surface area contributed by atoms with Gasteiger partial charge >= 0.3 is 19.8 Å². The normalized spacial score (nSPS) is 14.0. The van der Waals surface area contributed by atoms with E-state index in [1.807, 2.05) is 0 Å². The zero-order chi connectivity index (χ0) is 43.3. The van der Waals surface area contributed by atoms with Gasteiger partial charge < -0.3 is 25.2 Å². The highest BCUT2D eigenvalue weighted by Gasteiger charge is 2.27. The van der Waals surface area contributed by atoms with Crippen molar-refractivity contribution in [1.29, 1.82) is 0 Å². The van der Waals surface area contributed by atoms with Crippen molar-refractivity contribution in [2.75, 3.05) is 26.4 Å². The smallest absolute Gasteiger partial charge is 0.472 e. The number of nitrogens with two attached hydrogens (primary N) is 1. The maximum Gasteiger partial charge on any atom is 0.472 e. The molecule has 0 heterocycles. The number of carbonyl (C=O) groups excluding carboxylic acids is 1. The van der Waals surface area contributed by atoms with Crippen molar-refractivity contribution in [3.63, 3.8) is 0 Å². The van der Waals surface area contributed by atoms with Crippen LogP contribution in [0.3, 0.4) is 0 Å². The number of allylic oxidation sites excluding steroid dienone is 4. The number of unbranched alkanes of at least 4 members (excludes halogenated alkanes) is 29. The van der Waals surface area contributed by atoms with E-state index in [-0.39, 0.29) is 13.0 Å². The summed E-state index contributed by atoms with van der Waals surface area (Å²) >= 11 is 0. The first-order chi connectivity index (χ1) is 28.7. The van der Waals surface area contributed by atoms with E-state index in [0.717, 1.165) is 57.8 Å². The molecule has 4 N–H and O–H groups in total. The number of esters is 1. The zero-order valence-corrected chi connectivity index (χ0v) is 39.0. The third kappa shape index (κ3) is 44.3. The molecule has 3 unspecified atom stereocenters. The quantitative estimate of drug-likeness (QED) is 0.0233. The first-order valence-corrected chi connectivity index (χ1v) is 25.9. The number of phosphoric ester groups is 1. The standard InChI is InChI=1S/C48H92NO9P/c1-3-5-7-9-11-13-15-17-19-21-22-23-24-25-27-29-31-33-35-37-39-41-55-42-45(43-56-59(53,54)57-44-46(49)48(51)52)58-47(50)40-38-36-34-32-30-28-26-20-18-16-14-12-10-8-6-4-2/h14,16,20,26,45-46H,3-13,15,17-19,21-25,27-44,49H2,1-2H3,(H,51,52)(H,53,54)/b16-14-,26-20-. The zero-order valence-electron chi connectivity index (χ0n) is 38.1. The van der Waals surface area contributed by atoms with E-state index in [9.17, 15) is 19.0 Å². The predicted molar refractivity (Wildman–Crippen MR) is 245 cm³/mol. The highest BCUT2D eigenvalue weighted by atomic mass is 31.2. The lowest BCUT2D eigenvalue weighted by Crippen LogP contribution is -2.34. The number of rotatable bonds is 47. The van der Waals surface area contributed by atoms with E-state index >= 15 is 0 Å². The second kappa shape index (κ2) is 44.5. The fourth-order valence-corrected chi connectivity index (χ4v) is 7.71. The fraction of sp³-hybridized carbons (Fsp3) is 0.875. The van der Waals surface area contributed by atoms with Crippen LogP contribution in [0.5, 0.6) is 0 Å². The van der Waals surface area contributed by atoms with Crippen LogP contribution in [0.15, 0.2) is 24.3 Å². The minimum absolute atomic E-state index is 0.0157. The lowest BCUT2D eigenvalue weighted by atomic mass is 10.0. The molecule has 0 amide bonds. The number of carbonyl (C=O) groups is 2. The maximum atomic E-state index is 12.7. The van der Waals surface area contributed by atoms with Crippen LogP contribution in [0.1, 0.15) is 232 Å². The van der Waals surface area contributed by atoms with Gasteiger partial charge in [0.25, 0.3) is 0 Å². The number of ether oxygens (including phenoxy) is 2. The van der Waals surface area contributed by atoms with E-state index in [2.05, 4.69) is 38.2 Å². The van der Waals surface area contributed by atoms with Crippen molar-refractivity contribution in [2.24, 2.45) is 5.73 Å². The molecule has 3 atom stereocenters. The number of phosphoric acid groups is 1. The number of hydrogen-bond acceptors (Lipinski definition) is 8. The molecule has 0 aromatic rings. The Morgan fingerprint density at radius 3 is 1.39 bits per heavy atom. The molecule has 0 aromatic carbocycles. The molecule has 0 fully saturated rings. The molecule has 0 bridgehead atoms. The Hall–Kier alpha value is -1.55. The molecule has 0 aliphatic heterocycles. The summed E-state index contributed by atoms with van der Waals surface area (Å²) in [6.45, 7) is 3.89. The maximum absolute atomic E-state index is 12.7. The second-order valence-corrected chi connectivity index (χ2v) is 18.1. The molecule has 348 valence electrons. The summed E-state index contributed by atoms with van der Waals surface area (Å²) in [4.78, 5) is 33.6. The van der Waals surface area contributed by atoms with E-state index in [1.54, 1.807) is 0 Å². The van der Waals surface area contributed by atoms with Gasteiger partial charge in [0.05, 0.1) is 19.8 Å². The van der Waals surface area contributed by atoms with Crippen molar-refractivity contribution < 1.29 is 42.7 Å². The molecular weight excluding hydrogens is 766 g/mol. The van der Waals surface area contributed by atoms with Gasteiger partial charge in [0.15, 0.2) is 0 Å². The average molecular weight is 858 g/mol. The van der Waals surface area contributed by atoms with Crippen LogP contribution in [0.2, 0.25) is 0 Å². The minimum atomic E-state index is -4.62. The summed E-state index contributed by atoms with van der Waals surface area (Å²) in [7, 11) is -4.62. The molecule has 0 aliphatic carbocycles. The first kappa shape index (κ1) is 57.4. The number of carboxylic acid groups (broad SMARTS) is 1. The van der Waals surface area contributed by atoms with E-state index in [1.165, 1.54) is 148 Å². The van der Waals surface area contributed by atoms with Crippen LogP contribution in [-0.4, -0.2) is 60.5 Å². The SMILES string of the molecule is CCCCCC/C=C\C/C=C\CCCCCCCC(=O)OC(COCCCCCCCCCCCCCCCCCCCCCCC)COP(=O)(O)OCC(N)C(=O)O. The van der Waals surface area contributed by atoms with Gasteiger partial charge in [0.1, 0.15) is 12.1 Å². The molecule has 0 aromatic heterocycles. The monoisotopic (exact) mass is 858 g/mol. The Morgan fingerprint density at radius 1 is 0.542 bits per heavy atom. The van der Waals surface area contributed by atoms with Crippen molar-refractivity contribution >= 4 is 19.8 Å². The largest absolute Gasteiger partial charge is 0.480 e. The van der Waals surface area contributed by atoms with Crippen molar-refractivity contribution in [3.8, 4) is 0 Å². The Bertz CT molecular complexity index is 1040. The molecule has 11 heteroatoms. The lowest BCUT2D eigenvalue weighted by Gasteiger charge is -2.20. The summed E-state index contributed by atoms with van der Waals surface area (Å²) in [6, 6.07) is -1.47. The molecule has 59 heavy (non-hydrogen) atoms. The summed E-state index contributed by atoms with van der Waals surface area (Å²) in [5.74, 6) is -1.78. The summed E-state index contributed by atoms with van der Waals surface area (Å²) < 4.78 is 33.4. The third-order valence-electron chi connectivity index (χ3n) is 10.7. The number of hydrogen-bond donors (Lipinski definition) is 3. The molecule has 0 radical (unpaired) electrons. The van der Waals surface area contributed by atoms with E-state index < -0.39 is 45.1 Å². The Balaban J connectivity index is 4.14. The van der Waals surface area contributed by atoms with Gasteiger partial charge in [-0.05, 0) is 44.9 Å². The van der Waals surface area contributed by atoms with Gasteiger partial charge in [-0.3, -0.25) is 18.6 Å². The van der Waals surface area contributed by atoms with Crippen LogP contribution in [0.25, 0.3) is 0 Å². The lowest BCUT2D eigenvalue weighted by molar-refractivity contribution is -0.154. The van der Waals surface area contributed by atoms with Crippen LogP contribution in [0.4, 0.5) is 0 Å². The predicted octanol–water partition coefficient (Wildman–Crippen LogP) is 13.9. The Kier molecular flexibility index (Phi) is 43.3. The number of aliphatic carboxylic acids is 1.